The molecule has 0 unspecified atom stereocenters. The predicted molar refractivity (Wildman–Crippen MR) is 77.6 cm³/mol. The topological polar surface area (TPSA) is 38.3 Å². The summed E-state index contributed by atoms with van der Waals surface area (Å²) in [4.78, 5) is 11.0. The second kappa shape index (κ2) is 13.7. The molecule has 1 N–H and O–H groups in total. The average molecular weight is 253 g/mol. The van der Waals surface area contributed by atoms with E-state index in [1.165, 1.54) is 12.7 Å². The Kier molecular flexibility index (Phi) is 14.5. The van der Waals surface area contributed by atoms with Crippen LogP contribution in [-0.4, -0.2) is 20.1 Å². The van der Waals surface area contributed by atoms with Gasteiger partial charge in [0.25, 0.3) is 0 Å². The molecule has 1 rings (SSSR count). The van der Waals surface area contributed by atoms with Crippen LogP contribution in [0.4, 0.5) is 0 Å². The van der Waals surface area contributed by atoms with E-state index < -0.39 is 0 Å². The van der Waals surface area contributed by atoms with E-state index >= 15 is 0 Å². The Bertz CT molecular complexity index is 294. The average Bonchev–Trinajstić information content (AvgIpc) is 2.45. The van der Waals surface area contributed by atoms with Gasteiger partial charge in [-0.25, -0.2) is 0 Å². The fourth-order valence-electron chi connectivity index (χ4n) is 1.22. The maximum Gasteiger partial charge on any atom is 0.309 e. The zero-order chi connectivity index (χ0) is 14.4. The van der Waals surface area contributed by atoms with Crippen LogP contribution in [0.2, 0.25) is 0 Å². The summed E-state index contributed by atoms with van der Waals surface area (Å²) in [6, 6.07) is 7.91. The van der Waals surface area contributed by atoms with Crippen LogP contribution in [0, 0.1) is 0 Å². The number of ether oxygens (including phenoxy) is 1. The molecule has 104 valence electrons. The van der Waals surface area contributed by atoms with Crippen LogP contribution >= 0.6 is 0 Å². The Hall–Kier alpha value is -1.35. The van der Waals surface area contributed by atoms with E-state index in [2.05, 4.69) is 10.1 Å². The van der Waals surface area contributed by atoms with E-state index in [1.54, 1.807) is 0 Å². The fraction of sp³-hybridized carbons (Fsp3) is 0.533. The monoisotopic (exact) mass is 253 g/mol. The number of esters is 1. The summed E-state index contributed by atoms with van der Waals surface area (Å²) in [6.45, 7) is 8.85. The van der Waals surface area contributed by atoms with Crippen LogP contribution in [0.5, 0.6) is 0 Å². The number of carbonyl (C=O) groups is 1. The van der Waals surface area contributed by atoms with Crippen LogP contribution in [0.25, 0.3) is 0 Å². The number of methoxy groups -OCH3 is 1. The summed E-state index contributed by atoms with van der Waals surface area (Å²) in [5.74, 6) is -0.202. The van der Waals surface area contributed by atoms with E-state index in [0.717, 1.165) is 12.1 Å². The van der Waals surface area contributed by atoms with Gasteiger partial charge in [-0.2, -0.15) is 0 Å². The second-order valence-corrected chi connectivity index (χ2v) is 3.10. The van der Waals surface area contributed by atoms with Crippen molar-refractivity contribution in [2.75, 3.05) is 14.2 Å². The molecule has 0 aromatic heterocycles. The highest BCUT2D eigenvalue weighted by atomic mass is 16.5. The minimum atomic E-state index is -0.202. The lowest BCUT2D eigenvalue weighted by Crippen LogP contribution is -2.06. The summed E-state index contributed by atoms with van der Waals surface area (Å²) in [6.07, 6.45) is 0.344. The van der Waals surface area contributed by atoms with Crippen molar-refractivity contribution in [3.05, 3.63) is 35.4 Å². The molecule has 0 atom stereocenters. The Morgan fingerprint density at radius 3 is 1.89 bits per heavy atom. The summed E-state index contributed by atoms with van der Waals surface area (Å²) in [7, 11) is 3.31. The molecule has 1 aromatic carbocycles. The molecule has 0 saturated heterocycles. The van der Waals surface area contributed by atoms with Crippen molar-refractivity contribution in [3.63, 3.8) is 0 Å². The number of hydrogen-bond donors (Lipinski definition) is 1. The van der Waals surface area contributed by atoms with Crippen molar-refractivity contribution in [2.45, 2.75) is 40.7 Å². The molecular weight excluding hydrogens is 226 g/mol. The fourth-order valence-corrected chi connectivity index (χ4v) is 1.22. The molecule has 3 nitrogen and oxygen atoms in total. The number of nitrogens with one attached hydrogen (secondary N) is 1. The predicted octanol–water partition coefficient (Wildman–Crippen LogP) is 3.17. The van der Waals surface area contributed by atoms with E-state index in [4.69, 9.17) is 0 Å². The van der Waals surface area contributed by atoms with Crippen LogP contribution < -0.4 is 5.32 Å². The molecule has 3 heteroatoms. The molecule has 0 heterocycles. The van der Waals surface area contributed by atoms with Gasteiger partial charge in [-0.15, -0.1) is 0 Å². The van der Waals surface area contributed by atoms with Gasteiger partial charge >= 0.3 is 5.97 Å². The van der Waals surface area contributed by atoms with Gasteiger partial charge in [0.15, 0.2) is 0 Å². The van der Waals surface area contributed by atoms with Gasteiger partial charge in [-0.1, -0.05) is 52.0 Å². The van der Waals surface area contributed by atoms with Crippen molar-refractivity contribution in [2.24, 2.45) is 0 Å². The van der Waals surface area contributed by atoms with Gasteiger partial charge < -0.3 is 10.1 Å². The lowest BCUT2D eigenvalue weighted by molar-refractivity contribution is -0.139. The molecule has 0 aliphatic heterocycles. The molecule has 0 radical (unpaired) electrons. The third-order valence-corrected chi connectivity index (χ3v) is 1.98. The Morgan fingerprint density at radius 1 is 1.06 bits per heavy atom. The van der Waals surface area contributed by atoms with Crippen LogP contribution in [0.15, 0.2) is 24.3 Å². The zero-order valence-corrected chi connectivity index (χ0v) is 12.5. The number of benzene rings is 1. The van der Waals surface area contributed by atoms with E-state index in [9.17, 15) is 4.79 Å². The Labute approximate surface area is 112 Å². The number of rotatable bonds is 4. The summed E-state index contributed by atoms with van der Waals surface area (Å²) < 4.78 is 4.58. The molecule has 18 heavy (non-hydrogen) atoms. The first kappa shape index (κ1) is 19.0. The summed E-state index contributed by atoms with van der Waals surface area (Å²) >= 11 is 0. The lowest BCUT2D eigenvalue weighted by Gasteiger charge is -2.02. The Morgan fingerprint density at radius 2 is 1.50 bits per heavy atom. The molecule has 0 aliphatic carbocycles. The van der Waals surface area contributed by atoms with Gasteiger partial charge in [-0.05, 0) is 18.2 Å². The van der Waals surface area contributed by atoms with Gasteiger partial charge in [-0.3, -0.25) is 4.79 Å². The largest absolute Gasteiger partial charge is 0.469 e. The number of hydrogen-bond acceptors (Lipinski definition) is 3. The van der Waals surface area contributed by atoms with E-state index in [1.807, 2.05) is 59.0 Å². The van der Waals surface area contributed by atoms with Gasteiger partial charge in [0.2, 0.25) is 0 Å². The Balaban J connectivity index is 0. The first-order valence-corrected chi connectivity index (χ1v) is 6.55. The first-order chi connectivity index (χ1) is 8.76. The highest BCUT2D eigenvalue weighted by Crippen LogP contribution is 2.05. The van der Waals surface area contributed by atoms with Crippen molar-refractivity contribution in [3.8, 4) is 0 Å². The first-order valence-electron chi connectivity index (χ1n) is 6.55. The maximum absolute atomic E-state index is 11.0. The molecule has 0 aliphatic rings. The highest BCUT2D eigenvalue weighted by molar-refractivity contribution is 5.72. The molecular formula is C15H27NO2. The molecule has 0 bridgehead atoms. The van der Waals surface area contributed by atoms with Crippen molar-refractivity contribution in [1.29, 1.82) is 0 Å². The van der Waals surface area contributed by atoms with E-state index in [0.29, 0.717) is 6.42 Å². The zero-order valence-electron chi connectivity index (χ0n) is 12.5. The smallest absolute Gasteiger partial charge is 0.309 e. The lowest BCUT2D eigenvalue weighted by atomic mass is 10.1. The third-order valence-electron chi connectivity index (χ3n) is 1.98. The van der Waals surface area contributed by atoms with Crippen LogP contribution in [0.1, 0.15) is 38.8 Å². The second-order valence-electron chi connectivity index (χ2n) is 3.10. The molecule has 0 fully saturated rings. The minimum absolute atomic E-state index is 0.202. The third kappa shape index (κ3) is 8.76. The normalized spacial score (nSPS) is 8.33. The number of carbonyl (C=O) groups excluding carboxylic acids is 1. The van der Waals surface area contributed by atoms with Gasteiger partial charge in [0.05, 0.1) is 13.5 Å². The molecule has 0 spiro atoms. The van der Waals surface area contributed by atoms with Gasteiger partial charge in [0, 0.05) is 6.54 Å². The summed E-state index contributed by atoms with van der Waals surface area (Å²) in [5, 5.41) is 3.06. The molecule has 0 saturated carbocycles. The van der Waals surface area contributed by atoms with Gasteiger partial charge in [0.1, 0.15) is 0 Å². The van der Waals surface area contributed by atoms with Crippen molar-refractivity contribution in [1.82, 2.24) is 5.32 Å². The van der Waals surface area contributed by atoms with E-state index in [-0.39, 0.29) is 5.97 Å². The van der Waals surface area contributed by atoms with Crippen LogP contribution in [0.3, 0.4) is 0 Å². The van der Waals surface area contributed by atoms with Crippen molar-refractivity contribution >= 4 is 5.97 Å². The highest BCUT2D eigenvalue weighted by Gasteiger charge is 2.01. The SMILES string of the molecule is CC.CC.CNCc1ccc(CC(=O)OC)cc1. The van der Waals surface area contributed by atoms with Crippen LogP contribution in [-0.2, 0) is 22.5 Å². The quantitative estimate of drug-likeness (QED) is 0.838. The molecule has 1 aromatic rings. The standard InChI is InChI=1S/C11H15NO2.2C2H6/c1-12-8-10-5-3-9(4-6-10)7-11(13)14-2;2*1-2/h3-6,12H,7-8H2,1-2H3;2*1-2H3. The minimum Gasteiger partial charge on any atom is -0.469 e. The maximum atomic E-state index is 11.0. The summed E-state index contributed by atoms with van der Waals surface area (Å²) in [5.41, 5.74) is 2.19. The van der Waals surface area contributed by atoms with Crippen molar-refractivity contribution < 1.29 is 9.53 Å². The molecule has 0 amide bonds.